The zero-order valence-electron chi connectivity index (χ0n) is 24.5. The zero-order valence-corrected chi connectivity index (χ0v) is 24.5. The predicted molar refractivity (Wildman–Crippen MR) is 163 cm³/mol. The van der Waals surface area contributed by atoms with Crippen molar-refractivity contribution in [3.05, 3.63) is 101 Å². The number of hydrogen-bond donors (Lipinski definition) is 0. The van der Waals surface area contributed by atoms with Crippen LogP contribution in [0.2, 0.25) is 0 Å². The fourth-order valence-electron chi connectivity index (χ4n) is 5.05. The molecular formula is C35H28O9. The van der Waals surface area contributed by atoms with Crippen molar-refractivity contribution in [3.8, 4) is 45.8 Å². The highest BCUT2D eigenvalue weighted by Gasteiger charge is 2.30. The van der Waals surface area contributed by atoms with Crippen molar-refractivity contribution in [1.82, 2.24) is 0 Å². The third-order valence-corrected chi connectivity index (χ3v) is 7.05. The second kappa shape index (κ2) is 11.9. The van der Waals surface area contributed by atoms with Crippen LogP contribution in [0.1, 0.15) is 33.2 Å². The Morgan fingerprint density at radius 2 is 1.57 bits per heavy atom. The minimum absolute atomic E-state index is 0.0911. The van der Waals surface area contributed by atoms with E-state index in [0.717, 1.165) is 5.56 Å². The number of ketones is 1. The minimum atomic E-state index is -0.631. The first-order valence-electron chi connectivity index (χ1n) is 13.8. The maximum Gasteiger partial charge on any atom is 0.348 e. The topological polar surface area (TPSA) is 103 Å². The van der Waals surface area contributed by atoms with Gasteiger partial charge in [-0.25, -0.2) is 4.79 Å². The van der Waals surface area contributed by atoms with Crippen molar-refractivity contribution in [2.75, 3.05) is 27.9 Å². The molecule has 9 heteroatoms. The Hall–Kier alpha value is -5.70. The maximum atomic E-state index is 13.7. The van der Waals surface area contributed by atoms with Gasteiger partial charge < -0.3 is 32.8 Å². The van der Waals surface area contributed by atoms with E-state index < -0.39 is 5.97 Å². The monoisotopic (exact) mass is 592 g/mol. The van der Waals surface area contributed by atoms with Gasteiger partial charge in [0.1, 0.15) is 34.2 Å². The molecule has 1 aliphatic heterocycles. The van der Waals surface area contributed by atoms with Gasteiger partial charge in [-0.15, -0.1) is 0 Å². The molecule has 6 rings (SSSR count). The SMILES string of the molecule is CCOc1ccc2oc(-c3ccccc3)c(C(=O)Oc3ccc4c(c3)O/C(=C/c3cc(OC)c(OC)c(OC)c3)C4=O)c2c1. The lowest BCUT2D eigenvalue weighted by molar-refractivity contribution is 0.0736. The second-order valence-electron chi connectivity index (χ2n) is 9.71. The number of ether oxygens (including phenoxy) is 6. The van der Waals surface area contributed by atoms with Gasteiger partial charge in [0.25, 0.3) is 0 Å². The summed E-state index contributed by atoms with van der Waals surface area (Å²) in [5, 5.41) is 0.558. The van der Waals surface area contributed by atoms with Crippen LogP contribution in [0.25, 0.3) is 28.4 Å². The van der Waals surface area contributed by atoms with Crippen molar-refractivity contribution in [1.29, 1.82) is 0 Å². The number of methoxy groups -OCH3 is 3. The quantitative estimate of drug-likeness (QED) is 0.0987. The molecule has 0 amide bonds. The number of hydrogen-bond acceptors (Lipinski definition) is 9. The molecule has 0 unspecified atom stereocenters. The van der Waals surface area contributed by atoms with Crippen LogP contribution in [-0.2, 0) is 0 Å². The van der Waals surface area contributed by atoms with Crippen LogP contribution in [0.4, 0.5) is 0 Å². The van der Waals surface area contributed by atoms with Crippen LogP contribution in [0, 0.1) is 0 Å². The summed E-state index contributed by atoms with van der Waals surface area (Å²) in [7, 11) is 4.53. The number of Topliss-reactive ketones (excluding diaryl/α,β-unsaturated/α-hetero) is 1. The summed E-state index contributed by atoms with van der Waals surface area (Å²) >= 11 is 0. The fraction of sp³-hybridized carbons (Fsp3) is 0.143. The molecule has 44 heavy (non-hydrogen) atoms. The lowest BCUT2D eigenvalue weighted by Crippen LogP contribution is -2.09. The number of fused-ring (bicyclic) bond motifs is 2. The Morgan fingerprint density at radius 1 is 0.841 bits per heavy atom. The molecular weight excluding hydrogens is 564 g/mol. The zero-order chi connectivity index (χ0) is 30.8. The van der Waals surface area contributed by atoms with E-state index in [1.54, 1.807) is 48.5 Å². The molecule has 0 aliphatic carbocycles. The molecule has 0 bridgehead atoms. The van der Waals surface area contributed by atoms with Crippen molar-refractivity contribution < 1.29 is 42.4 Å². The smallest absolute Gasteiger partial charge is 0.348 e. The molecule has 5 aromatic rings. The summed E-state index contributed by atoms with van der Waals surface area (Å²) in [6.07, 6.45) is 1.58. The molecule has 1 aliphatic rings. The lowest BCUT2D eigenvalue weighted by Gasteiger charge is -2.13. The molecule has 1 aromatic heterocycles. The molecule has 0 radical (unpaired) electrons. The number of carbonyl (C=O) groups excluding carboxylic acids is 2. The highest BCUT2D eigenvalue weighted by Crippen LogP contribution is 2.41. The Kier molecular flexibility index (Phi) is 7.68. The van der Waals surface area contributed by atoms with Gasteiger partial charge in [0.2, 0.25) is 11.5 Å². The predicted octanol–water partition coefficient (Wildman–Crippen LogP) is 7.36. The van der Waals surface area contributed by atoms with Crippen molar-refractivity contribution in [2.24, 2.45) is 0 Å². The molecule has 0 saturated heterocycles. The third kappa shape index (κ3) is 5.20. The number of esters is 1. The van der Waals surface area contributed by atoms with Crippen LogP contribution in [0.5, 0.6) is 34.5 Å². The number of benzene rings is 4. The van der Waals surface area contributed by atoms with E-state index in [1.807, 2.05) is 37.3 Å². The van der Waals surface area contributed by atoms with E-state index in [9.17, 15) is 9.59 Å². The summed E-state index contributed by atoms with van der Waals surface area (Å²) in [4.78, 5) is 26.9. The highest BCUT2D eigenvalue weighted by atomic mass is 16.5. The van der Waals surface area contributed by atoms with E-state index in [0.29, 0.717) is 57.5 Å². The van der Waals surface area contributed by atoms with Crippen molar-refractivity contribution >= 4 is 28.8 Å². The van der Waals surface area contributed by atoms with E-state index >= 15 is 0 Å². The molecule has 9 nitrogen and oxygen atoms in total. The molecule has 2 heterocycles. The molecule has 0 spiro atoms. The average molecular weight is 593 g/mol. The van der Waals surface area contributed by atoms with Gasteiger partial charge in [-0.2, -0.15) is 0 Å². The second-order valence-corrected chi connectivity index (χ2v) is 9.71. The molecule has 0 fully saturated rings. The van der Waals surface area contributed by atoms with E-state index in [4.69, 9.17) is 32.8 Å². The molecule has 4 aromatic carbocycles. The van der Waals surface area contributed by atoms with E-state index in [2.05, 4.69) is 0 Å². The average Bonchev–Trinajstić information content (AvgIpc) is 3.57. The van der Waals surface area contributed by atoms with Gasteiger partial charge in [0, 0.05) is 17.0 Å². The molecule has 0 saturated carbocycles. The van der Waals surface area contributed by atoms with E-state index in [-0.39, 0.29) is 28.6 Å². The summed E-state index contributed by atoms with van der Waals surface area (Å²) in [5.74, 6) is 1.89. The third-order valence-electron chi connectivity index (χ3n) is 7.05. The lowest BCUT2D eigenvalue weighted by atomic mass is 10.1. The first kappa shape index (κ1) is 28.4. The molecule has 0 N–H and O–H groups in total. The normalized spacial score (nSPS) is 13.0. The van der Waals surface area contributed by atoms with Gasteiger partial charge in [-0.1, -0.05) is 30.3 Å². The summed E-state index contributed by atoms with van der Waals surface area (Å²) < 4.78 is 39.7. The Morgan fingerprint density at radius 3 is 2.25 bits per heavy atom. The van der Waals surface area contributed by atoms with Gasteiger partial charge >= 0.3 is 5.97 Å². The van der Waals surface area contributed by atoms with Crippen LogP contribution < -0.4 is 28.4 Å². The first-order valence-corrected chi connectivity index (χ1v) is 13.8. The summed E-state index contributed by atoms with van der Waals surface area (Å²) in [5.41, 5.74) is 2.44. The number of rotatable bonds is 9. The maximum absolute atomic E-state index is 13.7. The van der Waals surface area contributed by atoms with Gasteiger partial charge in [-0.05, 0) is 61.0 Å². The first-order chi connectivity index (χ1) is 21.4. The van der Waals surface area contributed by atoms with Crippen LogP contribution >= 0.6 is 0 Å². The van der Waals surface area contributed by atoms with Gasteiger partial charge in [0.05, 0.1) is 33.5 Å². The Labute approximate surface area is 253 Å². The minimum Gasteiger partial charge on any atom is -0.494 e. The number of allylic oxidation sites excluding steroid dienone is 1. The fourth-order valence-corrected chi connectivity index (χ4v) is 5.05. The Bertz CT molecular complexity index is 1890. The number of carbonyl (C=O) groups is 2. The van der Waals surface area contributed by atoms with E-state index in [1.165, 1.54) is 27.4 Å². The summed E-state index contributed by atoms with van der Waals surface area (Å²) in [6.45, 7) is 2.36. The summed E-state index contributed by atoms with van der Waals surface area (Å²) in [6, 6.07) is 22.7. The largest absolute Gasteiger partial charge is 0.494 e. The number of furan rings is 1. The van der Waals surface area contributed by atoms with Crippen LogP contribution in [-0.4, -0.2) is 39.7 Å². The Balaban J connectivity index is 1.31. The van der Waals surface area contributed by atoms with Crippen LogP contribution in [0.15, 0.2) is 89.0 Å². The van der Waals surface area contributed by atoms with Gasteiger partial charge in [0.15, 0.2) is 17.3 Å². The molecule has 0 atom stereocenters. The van der Waals surface area contributed by atoms with Crippen LogP contribution in [0.3, 0.4) is 0 Å². The van der Waals surface area contributed by atoms with Crippen molar-refractivity contribution in [2.45, 2.75) is 6.92 Å². The standard InChI is InChI=1S/C35H28O9/c1-5-41-22-12-14-26-25(18-22)31(33(44-26)21-9-7-6-8-10-21)35(37)42-23-11-13-24-27(19-23)43-28(32(24)36)15-20-16-29(38-2)34(40-4)30(17-20)39-3/h6-19H,5H2,1-4H3/b28-15+. The molecule has 222 valence electrons. The highest BCUT2D eigenvalue weighted by molar-refractivity contribution is 6.15. The van der Waals surface area contributed by atoms with Crippen molar-refractivity contribution in [3.63, 3.8) is 0 Å². The van der Waals surface area contributed by atoms with Gasteiger partial charge in [-0.3, -0.25) is 4.79 Å².